The summed E-state index contributed by atoms with van der Waals surface area (Å²) in [4.78, 5) is 9.67. The number of benzene rings is 28. The first-order valence-corrected chi connectivity index (χ1v) is 49.8. The van der Waals surface area contributed by atoms with Gasteiger partial charge in [-0.3, -0.25) is 0 Å². The van der Waals surface area contributed by atoms with Gasteiger partial charge >= 0.3 is 0 Å². The van der Waals surface area contributed by atoms with Gasteiger partial charge in [-0.15, -0.1) is 0 Å². The summed E-state index contributed by atoms with van der Waals surface area (Å²) >= 11 is 0. The molecule has 0 heterocycles. The Hall–Kier alpha value is -18.5. The van der Waals surface area contributed by atoms with Crippen LogP contribution >= 0.6 is 0 Å². The fraction of sp³-hybridized carbons (Fsp3) is 0.0286. The molecule has 4 heteroatoms. The number of fused-ring (bicyclic) bond motifs is 24. The summed E-state index contributed by atoms with van der Waals surface area (Å²) < 4.78 is 0. The smallest absolute Gasteiger partial charge is 0.0546 e. The maximum absolute atomic E-state index is 2.44. The fourth-order valence-electron chi connectivity index (χ4n) is 22.1. The summed E-state index contributed by atoms with van der Waals surface area (Å²) in [6.45, 7) is 8.69. The van der Waals surface area contributed by atoms with Crippen LogP contribution in [0.2, 0.25) is 0 Å². The molecule has 4 nitrogen and oxygen atoms in total. The standard InChI is InChI=1S/4C35H25N/c1-24-9-2-7-15-33(24)36(29-22-21-27-18-17-25-10-3-5-13-30(25)32(27)23-29)34-16-8-12-28-20-19-26-11-4-6-14-31(26)35(28)34;1-24-8-2-7-13-35(24)36(29-20-18-27-16-14-25-9-3-5-11-31(25)33(27)22-29)30-21-19-28-17-15-26-10-4-6-12-32(26)34(28)23-30;1-24-8-6-12-29(22-24)36(30-21-20-27-17-16-25-9-2-4-13-31(25)33(27)23-30)34-15-7-11-28-19-18-26-10-3-5-14-32(26)35(28)34;1-24-13-20-29(21-14-24)36(30-22-19-27-16-15-25-7-2-4-10-31(25)33(27)23-30)34-12-6-9-28-18-17-26-8-3-5-11-32(26)35(28)34/h4*2-23H,1H3. The van der Waals surface area contributed by atoms with E-state index >= 15 is 0 Å². The van der Waals surface area contributed by atoms with Gasteiger partial charge < -0.3 is 19.6 Å². The normalized spacial score (nSPS) is 11.5. The molecule has 0 saturated heterocycles. The third-order valence-corrected chi connectivity index (χ3v) is 29.2. The molecule has 28 aromatic rings. The van der Waals surface area contributed by atoms with Crippen molar-refractivity contribution in [2.75, 3.05) is 19.6 Å². The van der Waals surface area contributed by atoms with Crippen LogP contribution in [-0.2, 0) is 0 Å². The minimum atomic E-state index is 1.15. The van der Waals surface area contributed by atoms with Gasteiger partial charge in [0, 0.05) is 67.3 Å². The minimum absolute atomic E-state index is 1.15. The summed E-state index contributed by atoms with van der Waals surface area (Å²) in [5.74, 6) is 0. The van der Waals surface area contributed by atoms with Crippen molar-refractivity contribution in [1.82, 2.24) is 0 Å². The van der Waals surface area contributed by atoms with E-state index in [1.54, 1.807) is 0 Å². The van der Waals surface area contributed by atoms with Gasteiger partial charge in [0.2, 0.25) is 0 Å². The van der Waals surface area contributed by atoms with E-state index in [2.05, 4.69) is 581 Å². The lowest BCUT2D eigenvalue weighted by atomic mass is 9.98. The molecule has 0 aromatic heterocycles. The number of rotatable bonds is 12. The largest absolute Gasteiger partial charge is 0.310 e. The Labute approximate surface area is 837 Å². The van der Waals surface area contributed by atoms with Crippen molar-refractivity contribution in [3.05, 3.63) is 556 Å². The van der Waals surface area contributed by atoms with E-state index in [1.807, 2.05) is 0 Å². The highest BCUT2D eigenvalue weighted by atomic mass is 15.2. The third-order valence-electron chi connectivity index (χ3n) is 29.2. The molecular formula is C140H100N4. The Kier molecular flexibility index (Phi) is 22.6. The molecule has 0 unspecified atom stereocenters. The highest BCUT2D eigenvalue weighted by molar-refractivity contribution is 6.21. The van der Waals surface area contributed by atoms with Crippen molar-refractivity contribution in [2.45, 2.75) is 27.7 Å². The fourth-order valence-corrected chi connectivity index (χ4v) is 22.1. The van der Waals surface area contributed by atoms with E-state index in [1.165, 1.54) is 223 Å². The Morgan fingerprint density at radius 1 is 0.111 bits per heavy atom. The zero-order chi connectivity index (χ0) is 96.2. The number of para-hydroxylation sites is 2. The Bertz CT molecular complexity index is 9780. The van der Waals surface area contributed by atoms with Crippen LogP contribution in [0.4, 0.5) is 68.2 Å². The number of hydrogen-bond donors (Lipinski definition) is 0. The van der Waals surface area contributed by atoms with E-state index in [0.717, 1.165) is 39.8 Å². The molecule has 0 spiro atoms. The van der Waals surface area contributed by atoms with Crippen LogP contribution in [0, 0.1) is 27.7 Å². The number of nitrogens with zero attached hydrogens (tertiary/aromatic N) is 4. The van der Waals surface area contributed by atoms with Crippen molar-refractivity contribution in [2.24, 2.45) is 0 Å². The van der Waals surface area contributed by atoms with E-state index in [9.17, 15) is 0 Å². The number of anilines is 12. The van der Waals surface area contributed by atoms with Crippen LogP contribution in [-0.4, -0.2) is 0 Å². The lowest BCUT2D eigenvalue weighted by Gasteiger charge is -2.29. The molecule has 0 aliphatic heterocycles. The first-order valence-electron chi connectivity index (χ1n) is 49.8. The molecule has 28 aromatic carbocycles. The van der Waals surface area contributed by atoms with Crippen molar-refractivity contribution in [3.63, 3.8) is 0 Å². The second-order valence-corrected chi connectivity index (χ2v) is 38.0. The molecule has 0 aliphatic carbocycles. The Morgan fingerprint density at radius 3 is 0.611 bits per heavy atom. The first kappa shape index (κ1) is 87.1. The van der Waals surface area contributed by atoms with Crippen LogP contribution in [0.25, 0.3) is 172 Å². The van der Waals surface area contributed by atoms with Gasteiger partial charge in [0.25, 0.3) is 0 Å². The SMILES string of the molecule is Cc1ccc(N(c2ccc3ccc4ccccc4c3c2)c2cccc3ccc4ccccc4c23)cc1.Cc1cccc(N(c2ccc3ccc4ccccc4c3c2)c2cccc3ccc4ccccc4c23)c1.Cc1ccccc1N(c1ccc2ccc3ccccc3c2c1)c1ccc2ccc3ccccc3c2c1.Cc1ccccc1N(c1ccc2ccc3ccccc3c2c1)c1cccc2ccc3ccccc3c12. The van der Waals surface area contributed by atoms with E-state index < -0.39 is 0 Å². The molecule has 28 rings (SSSR count). The molecule has 0 aliphatic rings. The van der Waals surface area contributed by atoms with Crippen LogP contribution in [0.3, 0.4) is 0 Å². The van der Waals surface area contributed by atoms with Gasteiger partial charge in [-0.2, -0.15) is 0 Å². The lowest BCUT2D eigenvalue weighted by molar-refractivity contribution is 1.26. The molecule has 0 radical (unpaired) electrons. The molecule has 0 N–H and O–H groups in total. The van der Waals surface area contributed by atoms with E-state index in [-0.39, 0.29) is 0 Å². The predicted molar refractivity (Wildman–Crippen MR) is 624 cm³/mol. The molecule has 144 heavy (non-hydrogen) atoms. The van der Waals surface area contributed by atoms with Crippen molar-refractivity contribution in [3.8, 4) is 0 Å². The highest BCUT2D eigenvalue weighted by Gasteiger charge is 2.25. The Balaban J connectivity index is 0.000000101. The molecule has 0 fully saturated rings. The van der Waals surface area contributed by atoms with Crippen LogP contribution in [0.15, 0.2) is 534 Å². The second kappa shape index (κ2) is 37.4. The number of hydrogen-bond acceptors (Lipinski definition) is 4. The number of aryl methyl sites for hydroxylation is 4. The molecule has 0 amide bonds. The molecule has 680 valence electrons. The first-order chi connectivity index (χ1) is 71.1. The van der Waals surface area contributed by atoms with E-state index in [4.69, 9.17) is 0 Å². The van der Waals surface area contributed by atoms with Crippen LogP contribution in [0.5, 0.6) is 0 Å². The van der Waals surface area contributed by atoms with Gasteiger partial charge in [-0.05, 0) is 316 Å². The maximum Gasteiger partial charge on any atom is 0.0546 e. The van der Waals surface area contributed by atoms with Gasteiger partial charge in [0.15, 0.2) is 0 Å². The van der Waals surface area contributed by atoms with Crippen molar-refractivity contribution < 1.29 is 0 Å². The summed E-state index contributed by atoms with van der Waals surface area (Å²) in [5.41, 5.74) is 19.1. The quantitative estimate of drug-likeness (QED) is 0.113. The molecule has 0 bridgehead atoms. The average molecular weight is 1840 g/mol. The summed E-state index contributed by atoms with van der Waals surface area (Å²) in [7, 11) is 0. The summed E-state index contributed by atoms with van der Waals surface area (Å²) in [6, 6.07) is 194. The average Bonchev–Trinajstić information content (AvgIpc) is 0.755. The Morgan fingerprint density at radius 2 is 0.306 bits per heavy atom. The van der Waals surface area contributed by atoms with E-state index in [0.29, 0.717) is 0 Å². The zero-order valence-electron chi connectivity index (χ0n) is 80.6. The van der Waals surface area contributed by atoms with Gasteiger partial charge in [0.05, 0.1) is 17.1 Å². The minimum Gasteiger partial charge on any atom is -0.310 e. The molecular weight excluding hydrogens is 1740 g/mol. The van der Waals surface area contributed by atoms with Crippen molar-refractivity contribution in [1.29, 1.82) is 0 Å². The third kappa shape index (κ3) is 16.2. The second-order valence-electron chi connectivity index (χ2n) is 38.0. The summed E-state index contributed by atoms with van der Waals surface area (Å²) in [5, 5.41) is 40.5. The predicted octanol–water partition coefficient (Wildman–Crippen LogP) is 40.3. The van der Waals surface area contributed by atoms with Gasteiger partial charge in [-0.25, -0.2) is 0 Å². The molecule has 0 saturated carbocycles. The maximum atomic E-state index is 2.44. The highest BCUT2D eigenvalue weighted by Crippen LogP contribution is 2.50. The zero-order valence-corrected chi connectivity index (χ0v) is 80.6. The molecule has 0 atom stereocenters. The van der Waals surface area contributed by atoms with Gasteiger partial charge in [-0.1, -0.05) is 424 Å². The van der Waals surface area contributed by atoms with Crippen LogP contribution < -0.4 is 19.6 Å². The lowest BCUT2D eigenvalue weighted by Crippen LogP contribution is -2.12. The van der Waals surface area contributed by atoms with Gasteiger partial charge in [0.1, 0.15) is 0 Å². The summed E-state index contributed by atoms with van der Waals surface area (Å²) in [6.07, 6.45) is 0. The topological polar surface area (TPSA) is 13.0 Å². The monoisotopic (exact) mass is 1840 g/mol. The van der Waals surface area contributed by atoms with Crippen molar-refractivity contribution >= 4 is 241 Å². The van der Waals surface area contributed by atoms with Crippen LogP contribution in [0.1, 0.15) is 22.3 Å².